The molecule has 0 heterocycles. The van der Waals surface area contributed by atoms with Crippen LogP contribution in [0.4, 0.5) is 10.1 Å². The van der Waals surface area contributed by atoms with Gasteiger partial charge in [0.1, 0.15) is 5.82 Å². The Hall–Kier alpha value is -3.22. The van der Waals surface area contributed by atoms with Gasteiger partial charge in [-0.3, -0.25) is 25.2 Å². The van der Waals surface area contributed by atoms with Crippen LogP contribution in [-0.4, -0.2) is 17.7 Å². The van der Waals surface area contributed by atoms with Crippen LogP contribution in [0.5, 0.6) is 0 Å². The molecular weight excluding hydrogens is 313 g/mol. The largest absolute Gasteiger partial charge is 0.326 e. The van der Waals surface area contributed by atoms with Crippen LogP contribution in [0.2, 0.25) is 0 Å². The highest BCUT2D eigenvalue weighted by molar-refractivity contribution is 5.95. The highest BCUT2D eigenvalue weighted by atomic mass is 19.1. The standard InChI is InChI=1S/C17H16FN3O3/c1-11(22)19-13-8-6-12(7-9-13)10-16(23)20-21-17(24)14-4-2-3-5-15(14)18/h2-9H,10H2,1H3,(H,19,22)(H,20,23)(H,21,24). The van der Waals surface area contributed by atoms with E-state index in [-0.39, 0.29) is 17.9 Å². The third-order valence-electron chi connectivity index (χ3n) is 3.07. The minimum atomic E-state index is -0.734. The van der Waals surface area contributed by atoms with Gasteiger partial charge in [0.2, 0.25) is 11.8 Å². The van der Waals surface area contributed by atoms with E-state index < -0.39 is 17.6 Å². The molecule has 0 fully saturated rings. The predicted octanol–water partition coefficient (Wildman–Crippen LogP) is 1.79. The van der Waals surface area contributed by atoms with E-state index in [1.54, 1.807) is 24.3 Å². The van der Waals surface area contributed by atoms with E-state index in [2.05, 4.69) is 16.2 Å². The molecule has 0 aliphatic heterocycles. The van der Waals surface area contributed by atoms with Crippen molar-refractivity contribution in [1.29, 1.82) is 0 Å². The normalized spacial score (nSPS) is 9.92. The molecule has 0 radical (unpaired) electrons. The predicted molar refractivity (Wildman–Crippen MR) is 86.5 cm³/mol. The number of amides is 3. The first kappa shape index (κ1) is 17.1. The van der Waals surface area contributed by atoms with Crippen molar-refractivity contribution >= 4 is 23.4 Å². The first-order valence-electron chi connectivity index (χ1n) is 7.16. The van der Waals surface area contributed by atoms with E-state index in [9.17, 15) is 18.8 Å². The average Bonchev–Trinajstić information content (AvgIpc) is 2.54. The maximum atomic E-state index is 13.4. The van der Waals surface area contributed by atoms with Gasteiger partial charge in [0.25, 0.3) is 5.91 Å². The minimum absolute atomic E-state index is 0.0257. The van der Waals surface area contributed by atoms with E-state index in [1.807, 2.05) is 0 Å². The molecule has 0 saturated heterocycles. The third kappa shape index (κ3) is 4.91. The van der Waals surface area contributed by atoms with Gasteiger partial charge in [0.15, 0.2) is 0 Å². The quantitative estimate of drug-likeness (QED) is 0.747. The van der Waals surface area contributed by atoms with Crippen LogP contribution in [0.3, 0.4) is 0 Å². The second kappa shape index (κ2) is 7.87. The van der Waals surface area contributed by atoms with Crippen molar-refractivity contribution in [3.63, 3.8) is 0 Å². The maximum Gasteiger partial charge on any atom is 0.272 e. The minimum Gasteiger partial charge on any atom is -0.326 e. The van der Waals surface area contributed by atoms with Crippen LogP contribution in [-0.2, 0) is 16.0 Å². The molecule has 0 aliphatic carbocycles. The SMILES string of the molecule is CC(=O)Nc1ccc(CC(=O)NNC(=O)c2ccccc2F)cc1. The van der Waals surface area contributed by atoms with Gasteiger partial charge in [-0.05, 0) is 29.8 Å². The third-order valence-corrected chi connectivity index (χ3v) is 3.07. The Kier molecular flexibility index (Phi) is 5.62. The molecule has 24 heavy (non-hydrogen) atoms. The highest BCUT2D eigenvalue weighted by Gasteiger charge is 2.11. The number of carbonyl (C=O) groups excluding carboxylic acids is 3. The van der Waals surface area contributed by atoms with Gasteiger partial charge < -0.3 is 5.32 Å². The number of hydrogen-bond donors (Lipinski definition) is 3. The molecule has 2 rings (SSSR count). The second-order valence-corrected chi connectivity index (χ2v) is 5.04. The van der Waals surface area contributed by atoms with Gasteiger partial charge in [-0.1, -0.05) is 24.3 Å². The summed E-state index contributed by atoms with van der Waals surface area (Å²) in [6, 6.07) is 12.2. The van der Waals surface area contributed by atoms with Crippen molar-refractivity contribution in [2.24, 2.45) is 0 Å². The number of anilines is 1. The first-order chi connectivity index (χ1) is 11.5. The fourth-order valence-corrected chi connectivity index (χ4v) is 1.98. The Morgan fingerprint density at radius 1 is 0.958 bits per heavy atom. The molecular formula is C17H16FN3O3. The van der Waals surface area contributed by atoms with Gasteiger partial charge in [-0.25, -0.2) is 4.39 Å². The lowest BCUT2D eigenvalue weighted by Crippen LogP contribution is -2.42. The number of hydrogen-bond acceptors (Lipinski definition) is 3. The van der Waals surface area contributed by atoms with Crippen molar-refractivity contribution in [2.45, 2.75) is 13.3 Å². The maximum absolute atomic E-state index is 13.4. The van der Waals surface area contributed by atoms with Crippen LogP contribution in [0, 0.1) is 5.82 Å². The molecule has 6 nitrogen and oxygen atoms in total. The summed E-state index contributed by atoms with van der Waals surface area (Å²) in [5.74, 6) is -2.04. The van der Waals surface area contributed by atoms with E-state index in [0.717, 1.165) is 6.07 Å². The van der Waals surface area contributed by atoms with Crippen LogP contribution in [0.25, 0.3) is 0 Å². The van der Waals surface area contributed by atoms with Crippen LogP contribution in [0.15, 0.2) is 48.5 Å². The van der Waals surface area contributed by atoms with Crippen molar-refractivity contribution in [3.8, 4) is 0 Å². The topological polar surface area (TPSA) is 87.3 Å². The molecule has 0 spiro atoms. The Balaban J connectivity index is 1.86. The molecule has 2 aromatic rings. The summed E-state index contributed by atoms with van der Waals surface area (Å²) in [7, 11) is 0. The van der Waals surface area contributed by atoms with Crippen LogP contribution < -0.4 is 16.2 Å². The number of benzene rings is 2. The Labute approximate surface area is 138 Å². The summed E-state index contributed by atoms with van der Waals surface area (Å²) in [5.41, 5.74) is 5.56. The fraction of sp³-hybridized carbons (Fsp3) is 0.118. The van der Waals surface area contributed by atoms with E-state index in [1.165, 1.54) is 25.1 Å². The van der Waals surface area contributed by atoms with Crippen LogP contribution >= 0.6 is 0 Å². The summed E-state index contributed by atoms with van der Waals surface area (Å²) in [6.07, 6.45) is 0.0257. The number of rotatable bonds is 4. The summed E-state index contributed by atoms with van der Waals surface area (Å²) in [6.45, 7) is 1.40. The van der Waals surface area contributed by atoms with Crippen molar-refractivity contribution < 1.29 is 18.8 Å². The van der Waals surface area contributed by atoms with Crippen LogP contribution in [0.1, 0.15) is 22.8 Å². The second-order valence-electron chi connectivity index (χ2n) is 5.04. The summed E-state index contributed by atoms with van der Waals surface area (Å²) in [4.78, 5) is 34.5. The lowest BCUT2D eigenvalue weighted by atomic mass is 10.1. The number of nitrogens with one attached hydrogen (secondary N) is 3. The first-order valence-corrected chi connectivity index (χ1v) is 7.16. The molecule has 7 heteroatoms. The zero-order valence-electron chi connectivity index (χ0n) is 12.9. The zero-order chi connectivity index (χ0) is 17.5. The highest BCUT2D eigenvalue weighted by Crippen LogP contribution is 2.10. The zero-order valence-corrected chi connectivity index (χ0v) is 12.9. The number of hydrazine groups is 1. The Morgan fingerprint density at radius 2 is 1.62 bits per heavy atom. The monoisotopic (exact) mass is 329 g/mol. The summed E-state index contributed by atoms with van der Waals surface area (Å²) >= 11 is 0. The Bertz CT molecular complexity index is 760. The number of carbonyl (C=O) groups is 3. The molecule has 3 amide bonds. The van der Waals surface area contributed by atoms with E-state index in [4.69, 9.17) is 0 Å². The van der Waals surface area contributed by atoms with Gasteiger partial charge in [0.05, 0.1) is 12.0 Å². The smallest absolute Gasteiger partial charge is 0.272 e. The Morgan fingerprint density at radius 3 is 2.25 bits per heavy atom. The molecule has 2 aromatic carbocycles. The number of halogens is 1. The van der Waals surface area contributed by atoms with E-state index in [0.29, 0.717) is 11.3 Å². The van der Waals surface area contributed by atoms with E-state index >= 15 is 0 Å². The van der Waals surface area contributed by atoms with Crippen molar-refractivity contribution in [2.75, 3.05) is 5.32 Å². The lowest BCUT2D eigenvalue weighted by Gasteiger charge is -2.08. The molecule has 0 unspecified atom stereocenters. The molecule has 0 bridgehead atoms. The lowest BCUT2D eigenvalue weighted by molar-refractivity contribution is -0.121. The molecule has 3 N–H and O–H groups in total. The van der Waals surface area contributed by atoms with Gasteiger partial charge >= 0.3 is 0 Å². The molecule has 0 saturated carbocycles. The summed E-state index contributed by atoms with van der Waals surface area (Å²) < 4.78 is 13.4. The molecule has 0 aliphatic rings. The van der Waals surface area contributed by atoms with Crippen molar-refractivity contribution in [3.05, 3.63) is 65.5 Å². The molecule has 0 aromatic heterocycles. The van der Waals surface area contributed by atoms with Gasteiger partial charge in [-0.15, -0.1) is 0 Å². The molecule has 124 valence electrons. The average molecular weight is 329 g/mol. The van der Waals surface area contributed by atoms with Gasteiger partial charge in [-0.2, -0.15) is 0 Å². The summed E-state index contributed by atoms with van der Waals surface area (Å²) in [5, 5.41) is 2.62. The van der Waals surface area contributed by atoms with Gasteiger partial charge in [0, 0.05) is 12.6 Å². The fourth-order valence-electron chi connectivity index (χ4n) is 1.98. The van der Waals surface area contributed by atoms with Crippen molar-refractivity contribution in [1.82, 2.24) is 10.9 Å². The molecule has 0 atom stereocenters.